The maximum atomic E-state index is 12.7. The third kappa shape index (κ3) is 3.66. The van der Waals surface area contributed by atoms with Crippen molar-refractivity contribution in [3.8, 4) is 0 Å². The van der Waals surface area contributed by atoms with Gasteiger partial charge in [0.15, 0.2) is 0 Å². The maximum Gasteiger partial charge on any atom is 0.227 e. The highest BCUT2D eigenvalue weighted by molar-refractivity contribution is 7.08. The van der Waals surface area contributed by atoms with Crippen molar-refractivity contribution in [2.45, 2.75) is 51.5 Å². The van der Waals surface area contributed by atoms with Crippen LogP contribution < -0.4 is 0 Å². The van der Waals surface area contributed by atoms with Crippen LogP contribution in [0.3, 0.4) is 0 Å². The van der Waals surface area contributed by atoms with Gasteiger partial charge in [-0.1, -0.05) is 45.0 Å². The summed E-state index contributed by atoms with van der Waals surface area (Å²) in [5, 5.41) is 4.11. The number of rotatable bonds is 3. The van der Waals surface area contributed by atoms with Gasteiger partial charge in [0, 0.05) is 6.54 Å². The first-order valence-electron chi connectivity index (χ1n) is 8.36. The van der Waals surface area contributed by atoms with E-state index in [1.165, 1.54) is 11.1 Å². The first kappa shape index (κ1) is 16.3. The molecule has 0 N–H and O–H groups in total. The molecule has 1 atom stereocenters. The highest BCUT2D eigenvalue weighted by atomic mass is 32.1. The van der Waals surface area contributed by atoms with E-state index in [1.807, 2.05) is 11.4 Å². The molecule has 0 bridgehead atoms. The molecule has 2 heterocycles. The molecule has 0 radical (unpaired) electrons. The van der Waals surface area contributed by atoms with Gasteiger partial charge >= 0.3 is 0 Å². The number of nitrogens with zero attached hydrogens (tertiary/aromatic N) is 1. The van der Waals surface area contributed by atoms with Gasteiger partial charge in [0.25, 0.3) is 0 Å². The van der Waals surface area contributed by atoms with E-state index in [9.17, 15) is 4.79 Å². The number of hydrogen-bond donors (Lipinski definition) is 0. The first-order valence-corrected chi connectivity index (χ1v) is 9.30. The second-order valence-electron chi connectivity index (χ2n) is 7.43. The van der Waals surface area contributed by atoms with Crippen LogP contribution in [0.5, 0.6) is 0 Å². The topological polar surface area (TPSA) is 20.3 Å². The van der Waals surface area contributed by atoms with E-state index in [-0.39, 0.29) is 17.4 Å². The van der Waals surface area contributed by atoms with Crippen LogP contribution in [0.2, 0.25) is 0 Å². The molecule has 1 fully saturated rings. The molecule has 23 heavy (non-hydrogen) atoms. The van der Waals surface area contributed by atoms with Crippen LogP contribution in [0.25, 0.3) is 0 Å². The summed E-state index contributed by atoms with van der Waals surface area (Å²) in [6, 6.07) is 11.1. The Labute approximate surface area is 143 Å². The molecule has 2 nitrogen and oxygen atoms in total. The monoisotopic (exact) mass is 327 g/mol. The molecular formula is C20H25NOS. The molecule has 1 unspecified atom stereocenters. The fourth-order valence-corrected chi connectivity index (χ4v) is 3.96. The highest BCUT2D eigenvalue weighted by Crippen LogP contribution is 2.33. The van der Waals surface area contributed by atoms with Gasteiger partial charge in [0.2, 0.25) is 5.91 Å². The van der Waals surface area contributed by atoms with Crippen molar-refractivity contribution in [2.75, 3.05) is 6.54 Å². The summed E-state index contributed by atoms with van der Waals surface area (Å²) >= 11 is 1.65. The SMILES string of the molecule is CC(C)(C)c1ccc(C2CCCN2C(=O)Cc2ccsc2)cc1. The largest absolute Gasteiger partial charge is 0.335 e. The van der Waals surface area contributed by atoms with Crippen molar-refractivity contribution in [2.24, 2.45) is 0 Å². The predicted octanol–water partition coefficient (Wildman–Crippen LogP) is 4.95. The second kappa shape index (κ2) is 6.48. The summed E-state index contributed by atoms with van der Waals surface area (Å²) in [6.07, 6.45) is 2.70. The summed E-state index contributed by atoms with van der Waals surface area (Å²) in [6.45, 7) is 7.57. The third-order valence-corrected chi connectivity index (χ3v) is 5.40. The smallest absolute Gasteiger partial charge is 0.227 e. The van der Waals surface area contributed by atoms with Crippen LogP contribution in [0.15, 0.2) is 41.1 Å². The average Bonchev–Trinajstić information content (AvgIpc) is 3.17. The molecule has 1 amide bonds. The highest BCUT2D eigenvalue weighted by Gasteiger charge is 2.30. The molecular weight excluding hydrogens is 302 g/mol. The number of amides is 1. The minimum absolute atomic E-state index is 0.169. The van der Waals surface area contributed by atoms with Crippen LogP contribution in [0.1, 0.15) is 56.3 Å². The minimum atomic E-state index is 0.169. The molecule has 0 saturated carbocycles. The number of carbonyl (C=O) groups excluding carboxylic acids is 1. The lowest BCUT2D eigenvalue weighted by molar-refractivity contribution is -0.131. The van der Waals surface area contributed by atoms with Gasteiger partial charge in [-0.25, -0.2) is 0 Å². The zero-order valence-electron chi connectivity index (χ0n) is 14.2. The molecule has 122 valence electrons. The molecule has 0 spiro atoms. The van der Waals surface area contributed by atoms with Gasteiger partial charge in [0.1, 0.15) is 0 Å². The Hall–Kier alpha value is -1.61. The average molecular weight is 327 g/mol. The summed E-state index contributed by atoms with van der Waals surface area (Å²) in [5.41, 5.74) is 3.92. The van der Waals surface area contributed by atoms with E-state index < -0.39 is 0 Å². The van der Waals surface area contributed by atoms with Gasteiger partial charge in [-0.2, -0.15) is 11.3 Å². The molecule has 1 saturated heterocycles. The van der Waals surface area contributed by atoms with E-state index in [0.717, 1.165) is 24.9 Å². The fourth-order valence-electron chi connectivity index (χ4n) is 3.29. The normalized spacial score (nSPS) is 18.4. The first-order chi connectivity index (χ1) is 10.9. The van der Waals surface area contributed by atoms with Crippen molar-refractivity contribution in [3.63, 3.8) is 0 Å². The van der Waals surface area contributed by atoms with Crippen LogP contribution in [-0.2, 0) is 16.6 Å². The van der Waals surface area contributed by atoms with E-state index >= 15 is 0 Å². The van der Waals surface area contributed by atoms with E-state index in [0.29, 0.717) is 6.42 Å². The van der Waals surface area contributed by atoms with Crippen LogP contribution in [-0.4, -0.2) is 17.4 Å². The van der Waals surface area contributed by atoms with Crippen LogP contribution in [0, 0.1) is 0 Å². The molecule has 1 aromatic carbocycles. The molecule has 1 aromatic heterocycles. The van der Waals surface area contributed by atoms with Crippen molar-refractivity contribution < 1.29 is 4.79 Å². The van der Waals surface area contributed by atoms with Gasteiger partial charge in [0.05, 0.1) is 12.5 Å². The zero-order chi connectivity index (χ0) is 16.4. The quantitative estimate of drug-likeness (QED) is 0.781. The van der Waals surface area contributed by atoms with Gasteiger partial charge < -0.3 is 4.90 Å². The molecule has 0 aliphatic carbocycles. The van der Waals surface area contributed by atoms with Crippen LogP contribution in [0.4, 0.5) is 0 Å². The van der Waals surface area contributed by atoms with Crippen molar-refractivity contribution >= 4 is 17.2 Å². The van der Waals surface area contributed by atoms with Gasteiger partial charge in [-0.3, -0.25) is 4.79 Å². The number of likely N-dealkylation sites (tertiary alicyclic amines) is 1. The van der Waals surface area contributed by atoms with Crippen molar-refractivity contribution in [1.29, 1.82) is 0 Å². The molecule has 2 aromatic rings. The summed E-state index contributed by atoms with van der Waals surface area (Å²) in [5.74, 6) is 0.255. The predicted molar refractivity (Wildman–Crippen MR) is 96.9 cm³/mol. The Morgan fingerprint density at radius 1 is 1.22 bits per heavy atom. The molecule has 3 rings (SSSR count). The number of benzene rings is 1. The van der Waals surface area contributed by atoms with E-state index in [1.54, 1.807) is 11.3 Å². The number of carbonyl (C=O) groups is 1. The standard InChI is InChI=1S/C20H25NOS/c1-20(2,3)17-8-6-16(7-9-17)18-5-4-11-21(18)19(22)13-15-10-12-23-14-15/h6-10,12,14,18H,4-5,11,13H2,1-3H3. The van der Waals surface area contributed by atoms with Crippen LogP contribution >= 0.6 is 11.3 Å². The second-order valence-corrected chi connectivity index (χ2v) is 8.21. The number of hydrogen-bond acceptors (Lipinski definition) is 2. The lowest BCUT2D eigenvalue weighted by Crippen LogP contribution is -2.31. The Morgan fingerprint density at radius 2 is 1.96 bits per heavy atom. The number of thiophene rings is 1. The Bertz CT molecular complexity index is 652. The molecule has 1 aliphatic heterocycles. The Morgan fingerprint density at radius 3 is 2.57 bits per heavy atom. The maximum absolute atomic E-state index is 12.7. The van der Waals surface area contributed by atoms with Gasteiger partial charge in [-0.05, 0) is 51.8 Å². The zero-order valence-corrected chi connectivity index (χ0v) is 15.0. The summed E-state index contributed by atoms with van der Waals surface area (Å²) in [7, 11) is 0. The summed E-state index contributed by atoms with van der Waals surface area (Å²) < 4.78 is 0. The van der Waals surface area contributed by atoms with Crippen molar-refractivity contribution in [1.82, 2.24) is 4.90 Å². The Balaban J connectivity index is 1.74. The summed E-state index contributed by atoms with van der Waals surface area (Å²) in [4.78, 5) is 14.7. The van der Waals surface area contributed by atoms with Gasteiger partial charge in [-0.15, -0.1) is 0 Å². The lowest BCUT2D eigenvalue weighted by Gasteiger charge is -2.26. The fraction of sp³-hybridized carbons (Fsp3) is 0.450. The third-order valence-electron chi connectivity index (χ3n) is 4.67. The lowest BCUT2D eigenvalue weighted by atomic mass is 9.86. The molecule has 1 aliphatic rings. The van der Waals surface area contributed by atoms with E-state index in [4.69, 9.17) is 0 Å². The molecule has 3 heteroatoms. The van der Waals surface area contributed by atoms with Crippen molar-refractivity contribution in [3.05, 3.63) is 57.8 Å². The van der Waals surface area contributed by atoms with E-state index in [2.05, 4.69) is 55.3 Å². The Kier molecular flexibility index (Phi) is 4.58. The minimum Gasteiger partial charge on any atom is -0.335 e.